The van der Waals surface area contributed by atoms with E-state index in [1.54, 1.807) is 0 Å². The van der Waals surface area contributed by atoms with Gasteiger partial charge in [0.15, 0.2) is 0 Å². The van der Waals surface area contributed by atoms with Crippen LogP contribution in [-0.4, -0.2) is 0 Å². The molecule has 0 heterocycles. The first-order valence-corrected chi connectivity index (χ1v) is 8.37. The van der Waals surface area contributed by atoms with Crippen molar-refractivity contribution < 1.29 is 0 Å². The minimum absolute atomic E-state index is 0.666. The number of rotatable bonds is 9. The Morgan fingerprint density at radius 1 is 0.947 bits per heavy atom. The SMILES string of the molecule is CCCCCCCC(C)CC(C)c1ccc(S)cc1. The molecule has 0 aliphatic rings. The Labute approximate surface area is 125 Å². The molecule has 0 saturated carbocycles. The van der Waals surface area contributed by atoms with E-state index in [4.69, 9.17) is 0 Å². The number of thiol groups is 1. The summed E-state index contributed by atoms with van der Waals surface area (Å²) in [6.45, 7) is 7.03. The molecule has 1 heteroatoms. The number of hydrogen-bond donors (Lipinski definition) is 1. The van der Waals surface area contributed by atoms with Crippen LogP contribution < -0.4 is 0 Å². The van der Waals surface area contributed by atoms with E-state index in [-0.39, 0.29) is 0 Å². The Kier molecular flexibility index (Phi) is 8.29. The fourth-order valence-electron chi connectivity index (χ4n) is 2.76. The van der Waals surface area contributed by atoms with E-state index >= 15 is 0 Å². The van der Waals surface area contributed by atoms with Crippen molar-refractivity contribution in [1.29, 1.82) is 0 Å². The van der Waals surface area contributed by atoms with Gasteiger partial charge in [-0.1, -0.05) is 71.4 Å². The van der Waals surface area contributed by atoms with Gasteiger partial charge in [0.05, 0.1) is 0 Å². The van der Waals surface area contributed by atoms with Crippen LogP contribution in [-0.2, 0) is 0 Å². The lowest BCUT2D eigenvalue weighted by atomic mass is 9.88. The molecule has 0 nitrogen and oxygen atoms in total. The molecule has 2 atom stereocenters. The van der Waals surface area contributed by atoms with Crippen LogP contribution in [0.5, 0.6) is 0 Å². The van der Waals surface area contributed by atoms with Gasteiger partial charge in [-0.05, 0) is 36.0 Å². The number of unbranched alkanes of at least 4 members (excludes halogenated alkanes) is 4. The summed E-state index contributed by atoms with van der Waals surface area (Å²) in [5.41, 5.74) is 1.45. The molecule has 0 spiro atoms. The molecule has 0 aliphatic carbocycles. The first-order valence-electron chi connectivity index (χ1n) is 7.92. The highest BCUT2D eigenvalue weighted by molar-refractivity contribution is 7.80. The average molecular weight is 279 g/mol. The Hall–Kier alpha value is -0.430. The van der Waals surface area contributed by atoms with Gasteiger partial charge in [0.2, 0.25) is 0 Å². The smallest absolute Gasteiger partial charge is 0.00401 e. The second-order valence-electron chi connectivity index (χ2n) is 6.04. The molecule has 108 valence electrons. The van der Waals surface area contributed by atoms with E-state index in [9.17, 15) is 0 Å². The minimum Gasteiger partial charge on any atom is -0.143 e. The lowest BCUT2D eigenvalue weighted by Crippen LogP contribution is -2.02. The van der Waals surface area contributed by atoms with Crippen molar-refractivity contribution in [2.45, 2.75) is 76.5 Å². The summed E-state index contributed by atoms with van der Waals surface area (Å²) in [6, 6.07) is 8.65. The minimum atomic E-state index is 0.666. The highest BCUT2D eigenvalue weighted by Gasteiger charge is 2.10. The Morgan fingerprint density at radius 2 is 1.58 bits per heavy atom. The lowest BCUT2D eigenvalue weighted by molar-refractivity contribution is 0.428. The number of hydrogen-bond acceptors (Lipinski definition) is 1. The standard InChI is InChI=1S/C18H30S/c1-4-5-6-7-8-9-15(2)14-16(3)17-10-12-18(19)13-11-17/h10-13,15-16,19H,4-9,14H2,1-3H3. The quantitative estimate of drug-likeness (QED) is 0.388. The fourth-order valence-corrected chi connectivity index (χ4v) is 2.91. The molecule has 0 fully saturated rings. The zero-order chi connectivity index (χ0) is 14.1. The van der Waals surface area contributed by atoms with E-state index in [0.29, 0.717) is 5.92 Å². The van der Waals surface area contributed by atoms with Crippen molar-refractivity contribution in [3.8, 4) is 0 Å². The molecular weight excluding hydrogens is 248 g/mol. The average Bonchev–Trinajstić information content (AvgIpc) is 2.39. The van der Waals surface area contributed by atoms with E-state index < -0.39 is 0 Å². The summed E-state index contributed by atoms with van der Waals surface area (Å²) < 4.78 is 0. The topological polar surface area (TPSA) is 0 Å². The highest BCUT2D eigenvalue weighted by Crippen LogP contribution is 2.26. The van der Waals surface area contributed by atoms with Crippen LogP contribution in [0.4, 0.5) is 0 Å². The van der Waals surface area contributed by atoms with E-state index in [0.717, 1.165) is 10.8 Å². The van der Waals surface area contributed by atoms with Crippen molar-refractivity contribution in [2.75, 3.05) is 0 Å². The maximum Gasteiger partial charge on any atom is 0.00401 e. The van der Waals surface area contributed by atoms with Crippen molar-refractivity contribution in [3.05, 3.63) is 29.8 Å². The van der Waals surface area contributed by atoms with Gasteiger partial charge in [0, 0.05) is 4.90 Å². The Balaban J connectivity index is 2.23. The second-order valence-corrected chi connectivity index (χ2v) is 6.55. The summed E-state index contributed by atoms with van der Waals surface area (Å²) in [4.78, 5) is 1.06. The van der Waals surface area contributed by atoms with E-state index in [1.807, 2.05) is 0 Å². The van der Waals surface area contributed by atoms with Crippen LogP contribution >= 0.6 is 12.6 Å². The third-order valence-electron chi connectivity index (χ3n) is 4.02. The molecule has 2 unspecified atom stereocenters. The van der Waals surface area contributed by atoms with Crippen LogP contribution in [0.25, 0.3) is 0 Å². The molecule has 0 amide bonds. The first kappa shape index (κ1) is 16.6. The molecule has 0 aromatic heterocycles. The van der Waals surface area contributed by atoms with E-state index in [1.165, 1.54) is 50.5 Å². The highest BCUT2D eigenvalue weighted by atomic mass is 32.1. The molecule has 0 radical (unpaired) electrons. The second kappa shape index (κ2) is 9.47. The van der Waals surface area contributed by atoms with Crippen molar-refractivity contribution in [3.63, 3.8) is 0 Å². The van der Waals surface area contributed by atoms with E-state index in [2.05, 4.69) is 57.7 Å². The Morgan fingerprint density at radius 3 is 2.21 bits per heavy atom. The summed E-state index contributed by atoms with van der Waals surface area (Å²) in [6.07, 6.45) is 9.68. The van der Waals surface area contributed by atoms with Gasteiger partial charge in [-0.25, -0.2) is 0 Å². The predicted octanol–water partition coefficient (Wildman–Crippen LogP) is 6.47. The first-order chi connectivity index (χ1) is 9.13. The summed E-state index contributed by atoms with van der Waals surface area (Å²) in [5.74, 6) is 1.51. The molecule has 19 heavy (non-hydrogen) atoms. The van der Waals surface area contributed by atoms with Crippen LogP contribution in [0.15, 0.2) is 29.2 Å². The van der Waals surface area contributed by atoms with Crippen LogP contribution in [0.1, 0.15) is 77.2 Å². The van der Waals surface area contributed by atoms with Crippen LogP contribution in [0.3, 0.4) is 0 Å². The van der Waals surface area contributed by atoms with Gasteiger partial charge >= 0.3 is 0 Å². The third kappa shape index (κ3) is 7.06. The summed E-state index contributed by atoms with van der Waals surface area (Å²) in [5, 5.41) is 0. The largest absolute Gasteiger partial charge is 0.143 e. The molecule has 1 aromatic carbocycles. The van der Waals surface area contributed by atoms with Crippen molar-refractivity contribution in [1.82, 2.24) is 0 Å². The molecule has 0 bridgehead atoms. The van der Waals surface area contributed by atoms with Gasteiger partial charge in [-0.2, -0.15) is 0 Å². The molecule has 1 aromatic rings. The van der Waals surface area contributed by atoms with Gasteiger partial charge in [0.25, 0.3) is 0 Å². The molecule has 0 N–H and O–H groups in total. The lowest BCUT2D eigenvalue weighted by Gasteiger charge is -2.17. The zero-order valence-corrected chi connectivity index (χ0v) is 13.8. The monoisotopic (exact) mass is 278 g/mol. The predicted molar refractivity (Wildman–Crippen MR) is 89.3 cm³/mol. The molecule has 0 aliphatic heterocycles. The van der Waals surface area contributed by atoms with Gasteiger partial charge in [-0.15, -0.1) is 12.6 Å². The molecular formula is C18H30S. The maximum absolute atomic E-state index is 4.34. The zero-order valence-electron chi connectivity index (χ0n) is 12.9. The fraction of sp³-hybridized carbons (Fsp3) is 0.667. The van der Waals surface area contributed by atoms with Gasteiger partial charge in [-0.3, -0.25) is 0 Å². The van der Waals surface area contributed by atoms with Crippen LogP contribution in [0.2, 0.25) is 0 Å². The Bertz CT molecular complexity index is 328. The van der Waals surface area contributed by atoms with Gasteiger partial charge in [0.1, 0.15) is 0 Å². The van der Waals surface area contributed by atoms with Crippen LogP contribution in [0, 0.1) is 5.92 Å². The number of benzene rings is 1. The third-order valence-corrected chi connectivity index (χ3v) is 4.32. The summed E-state index contributed by atoms with van der Waals surface area (Å²) >= 11 is 4.34. The molecule has 0 saturated heterocycles. The van der Waals surface area contributed by atoms with Gasteiger partial charge < -0.3 is 0 Å². The normalized spacial score (nSPS) is 14.3. The molecule has 1 rings (SSSR count). The summed E-state index contributed by atoms with van der Waals surface area (Å²) in [7, 11) is 0. The van der Waals surface area contributed by atoms with Crippen molar-refractivity contribution >= 4 is 12.6 Å². The maximum atomic E-state index is 4.34. The van der Waals surface area contributed by atoms with Crippen molar-refractivity contribution in [2.24, 2.45) is 5.92 Å².